The maximum absolute atomic E-state index is 10.5. The predicted molar refractivity (Wildman–Crippen MR) is 52.8 cm³/mol. The van der Waals surface area contributed by atoms with Crippen molar-refractivity contribution in [2.75, 3.05) is 7.11 Å². The van der Waals surface area contributed by atoms with Crippen LogP contribution in [0.1, 0.15) is 12.5 Å². The second-order valence-corrected chi connectivity index (χ2v) is 2.83. The normalized spacial score (nSPS) is 9.57. The van der Waals surface area contributed by atoms with Crippen LogP contribution >= 0.6 is 0 Å². The van der Waals surface area contributed by atoms with Gasteiger partial charge in [-0.1, -0.05) is 12.1 Å². The SMILES string of the molecule is COc1ccc(C[CH]OC(C)=O)cc1. The van der Waals surface area contributed by atoms with E-state index in [1.165, 1.54) is 13.5 Å². The lowest BCUT2D eigenvalue weighted by Crippen LogP contribution is -1.97. The van der Waals surface area contributed by atoms with Gasteiger partial charge in [0.2, 0.25) is 0 Å². The molecule has 0 aliphatic heterocycles. The molecule has 0 spiro atoms. The Bertz CT molecular complexity index is 290. The average molecular weight is 193 g/mol. The van der Waals surface area contributed by atoms with Crippen molar-refractivity contribution in [1.82, 2.24) is 0 Å². The molecule has 0 bridgehead atoms. The molecular weight excluding hydrogens is 180 g/mol. The summed E-state index contributed by atoms with van der Waals surface area (Å²) in [6, 6.07) is 7.60. The minimum atomic E-state index is -0.293. The third-order valence-corrected chi connectivity index (χ3v) is 1.73. The van der Waals surface area contributed by atoms with Gasteiger partial charge in [-0.3, -0.25) is 4.79 Å². The first-order chi connectivity index (χ1) is 6.72. The predicted octanol–water partition coefficient (Wildman–Crippen LogP) is 1.96. The van der Waals surface area contributed by atoms with Crippen LogP contribution in [0.5, 0.6) is 5.75 Å². The Kier molecular flexibility index (Phi) is 3.98. The van der Waals surface area contributed by atoms with Crippen LogP contribution in [0.2, 0.25) is 0 Å². The van der Waals surface area contributed by atoms with E-state index in [9.17, 15) is 4.79 Å². The van der Waals surface area contributed by atoms with E-state index in [0.717, 1.165) is 11.3 Å². The van der Waals surface area contributed by atoms with E-state index in [1.807, 2.05) is 24.3 Å². The molecule has 0 aliphatic carbocycles. The Morgan fingerprint density at radius 1 is 1.36 bits per heavy atom. The molecule has 0 aromatic heterocycles. The molecule has 3 heteroatoms. The lowest BCUT2D eigenvalue weighted by atomic mass is 10.1. The monoisotopic (exact) mass is 193 g/mol. The highest BCUT2D eigenvalue weighted by molar-refractivity contribution is 5.66. The van der Waals surface area contributed by atoms with Gasteiger partial charge in [0, 0.05) is 13.3 Å². The Labute approximate surface area is 83.6 Å². The van der Waals surface area contributed by atoms with Crippen molar-refractivity contribution in [3.8, 4) is 5.75 Å². The smallest absolute Gasteiger partial charge is 0.303 e. The van der Waals surface area contributed by atoms with Gasteiger partial charge in [0.05, 0.1) is 7.11 Å². The summed E-state index contributed by atoms with van der Waals surface area (Å²) in [5, 5.41) is 0. The summed E-state index contributed by atoms with van der Waals surface area (Å²) in [7, 11) is 1.62. The zero-order valence-corrected chi connectivity index (χ0v) is 8.32. The van der Waals surface area contributed by atoms with Crippen molar-refractivity contribution in [1.29, 1.82) is 0 Å². The molecule has 0 amide bonds. The first kappa shape index (κ1) is 10.6. The highest BCUT2D eigenvalue weighted by Crippen LogP contribution is 2.12. The van der Waals surface area contributed by atoms with Crippen LogP contribution < -0.4 is 4.74 Å². The van der Waals surface area contributed by atoms with Gasteiger partial charge in [0.25, 0.3) is 0 Å². The molecule has 0 aliphatic rings. The van der Waals surface area contributed by atoms with Crippen LogP contribution in [0, 0.1) is 6.61 Å². The van der Waals surface area contributed by atoms with Crippen LogP contribution in [0.4, 0.5) is 0 Å². The Hall–Kier alpha value is -1.51. The van der Waals surface area contributed by atoms with Crippen LogP contribution in [-0.2, 0) is 16.0 Å². The number of carbonyl (C=O) groups excluding carboxylic acids is 1. The molecule has 1 aromatic carbocycles. The summed E-state index contributed by atoms with van der Waals surface area (Å²) in [5.74, 6) is 0.528. The maximum atomic E-state index is 10.5. The number of hydrogen-bond donors (Lipinski definition) is 0. The lowest BCUT2D eigenvalue weighted by molar-refractivity contribution is -0.137. The summed E-state index contributed by atoms with van der Waals surface area (Å²) in [6.45, 7) is 2.87. The number of rotatable bonds is 4. The van der Waals surface area contributed by atoms with Gasteiger partial charge >= 0.3 is 5.97 Å². The van der Waals surface area contributed by atoms with Crippen molar-refractivity contribution >= 4 is 5.97 Å². The molecule has 1 aromatic rings. The van der Waals surface area contributed by atoms with Gasteiger partial charge in [-0.05, 0) is 17.7 Å². The first-order valence-electron chi connectivity index (χ1n) is 4.34. The Morgan fingerprint density at radius 3 is 2.50 bits per heavy atom. The summed E-state index contributed by atoms with van der Waals surface area (Å²) < 4.78 is 9.72. The van der Waals surface area contributed by atoms with Crippen LogP contribution in [0.25, 0.3) is 0 Å². The molecule has 75 valence electrons. The number of methoxy groups -OCH3 is 1. The first-order valence-corrected chi connectivity index (χ1v) is 4.34. The van der Waals surface area contributed by atoms with Gasteiger partial charge in [-0.2, -0.15) is 0 Å². The quantitative estimate of drug-likeness (QED) is 0.686. The van der Waals surface area contributed by atoms with Crippen LogP contribution in [0.3, 0.4) is 0 Å². The van der Waals surface area contributed by atoms with E-state index in [0.29, 0.717) is 6.42 Å². The van der Waals surface area contributed by atoms with Crippen molar-refractivity contribution in [2.45, 2.75) is 13.3 Å². The minimum absolute atomic E-state index is 0.293. The average Bonchev–Trinajstić information content (AvgIpc) is 2.18. The van der Waals surface area contributed by atoms with E-state index in [-0.39, 0.29) is 5.97 Å². The molecule has 0 atom stereocenters. The molecule has 0 unspecified atom stereocenters. The third-order valence-electron chi connectivity index (χ3n) is 1.73. The maximum Gasteiger partial charge on any atom is 0.303 e. The number of benzene rings is 1. The van der Waals surface area contributed by atoms with E-state index >= 15 is 0 Å². The minimum Gasteiger partial charge on any atom is -0.497 e. The third kappa shape index (κ3) is 3.47. The van der Waals surface area contributed by atoms with Gasteiger partial charge in [-0.15, -0.1) is 0 Å². The number of ether oxygens (including phenoxy) is 2. The Balaban J connectivity index is 2.40. The van der Waals surface area contributed by atoms with Gasteiger partial charge in [-0.25, -0.2) is 0 Å². The fraction of sp³-hybridized carbons (Fsp3) is 0.273. The molecule has 0 saturated heterocycles. The molecular formula is C11H13O3. The Morgan fingerprint density at radius 2 is 2.00 bits per heavy atom. The molecule has 14 heavy (non-hydrogen) atoms. The van der Waals surface area contributed by atoms with E-state index < -0.39 is 0 Å². The number of carbonyl (C=O) groups is 1. The zero-order valence-electron chi connectivity index (χ0n) is 8.32. The molecule has 0 saturated carbocycles. The highest BCUT2D eigenvalue weighted by Gasteiger charge is 1.97. The molecule has 0 N–H and O–H groups in total. The van der Waals surface area contributed by atoms with Crippen molar-refractivity contribution in [3.05, 3.63) is 36.4 Å². The lowest BCUT2D eigenvalue weighted by Gasteiger charge is -2.02. The second kappa shape index (κ2) is 5.27. The fourth-order valence-corrected chi connectivity index (χ4v) is 1.02. The number of esters is 1. The summed E-state index contributed by atoms with van der Waals surface area (Å²) in [6.07, 6.45) is 0.615. The largest absolute Gasteiger partial charge is 0.497 e. The van der Waals surface area contributed by atoms with E-state index in [2.05, 4.69) is 0 Å². The van der Waals surface area contributed by atoms with Gasteiger partial charge in [0.15, 0.2) is 0 Å². The highest BCUT2D eigenvalue weighted by atomic mass is 16.5. The summed E-state index contributed by atoms with van der Waals surface area (Å²) in [4.78, 5) is 10.5. The summed E-state index contributed by atoms with van der Waals surface area (Å²) in [5.41, 5.74) is 1.08. The van der Waals surface area contributed by atoms with E-state index in [1.54, 1.807) is 7.11 Å². The summed E-state index contributed by atoms with van der Waals surface area (Å²) >= 11 is 0. The molecule has 1 radical (unpaired) electrons. The van der Waals surface area contributed by atoms with Crippen LogP contribution in [0.15, 0.2) is 24.3 Å². The van der Waals surface area contributed by atoms with Gasteiger partial charge in [0.1, 0.15) is 12.4 Å². The van der Waals surface area contributed by atoms with Crippen molar-refractivity contribution in [2.24, 2.45) is 0 Å². The number of hydrogen-bond acceptors (Lipinski definition) is 3. The second-order valence-electron chi connectivity index (χ2n) is 2.83. The molecule has 0 fully saturated rings. The molecule has 1 rings (SSSR count). The molecule has 3 nitrogen and oxygen atoms in total. The van der Waals surface area contributed by atoms with Crippen molar-refractivity contribution < 1.29 is 14.3 Å². The fourth-order valence-electron chi connectivity index (χ4n) is 1.02. The van der Waals surface area contributed by atoms with Crippen LogP contribution in [-0.4, -0.2) is 13.1 Å². The van der Waals surface area contributed by atoms with E-state index in [4.69, 9.17) is 9.47 Å². The standard InChI is InChI=1S/C11H13O3/c1-9(12)14-8-7-10-3-5-11(13-2)6-4-10/h3-6,8H,7H2,1-2H3. The topological polar surface area (TPSA) is 35.5 Å². The van der Waals surface area contributed by atoms with Crippen molar-refractivity contribution in [3.63, 3.8) is 0 Å². The molecule has 0 heterocycles. The van der Waals surface area contributed by atoms with Gasteiger partial charge < -0.3 is 9.47 Å². The zero-order chi connectivity index (χ0) is 10.4.